The number of allylic oxidation sites excluding steroid dienone is 1. The van der Waals surface area contributed by atoms with E-state index in [4.69, 9.17) is 37.7 Å². The summed E-state index contributed by atoms with van der Waals surface area (Å²) in [4.78, 5) is 21.3. The van der Waals surface area contributed by atoms with Crippen molar-refractivity contribution in [3.05, 3.63) is 60.2 Å². The Morgan fingerprint density at radius 2 is 1.95 bits per heavy atom. The number of thiocarbonyl (C=S) groups is 1. The Balaban J connectivity index is 1.80. The smallest absolute Gasteiger partial charge is 0.231 e. The lowest BCUT2D eigenvalue weighted by Gasteiger charge is -2.39. The number of amides is 1. The fourth-order valence-corrected chi connectivity index (χ4v) is 4.89. The van der Waals surface area contributed by atoms with Crippen LogP contribution < -0.4 is 15.4 Å². The van der Waals surface area contributed by atoms with Gasteiger partial charge in [-0.2, -0.15) is 0 Å². The van der Waals surface area contributed by atoms with Crippen molar-refractivity contribution in [2.24, 2.45) is 11.8 Å². The van der Waals surface area contributed by atoms with E-state index >= 15 is 0 Å². The first-order valence-electron chi connectivity index (χ1n) is 13.1. The lowest BCUT2D eigenvalue weighted by atomic mass is 9.62. The van der Waals surface area contributed by atoms with Crippen molar-refractivity contribution in [3.63, 3.8) is 0 Å². The van der Waals surface area contributed by atoms with Crippen LogP contribution in [-0.2, 0) is 9.59 Å². The highest BCUT2D eigenvalue weighted by Gasteiger charge is 2.36. The zero-order chi connectivity index (χ0) is 30.3. The third-order valence-corrected chi connectivity index (χ3v) is 8.16. The molecule has 210 valence electrons. The molecule has 13 heteroatoms. The average molecular weight is 602 g/mol. The number of hydrogen-bond donors (Lipinski definition) is 2. The lowest BCUT2D eigenvalue weighted by Crippen LogP contribution is -2.39. The fraction of sp³-hybridized carbons (Fsp3) is 0.393. The van der Waals surface area contributed by atoms with Gasteiger partial charge in [0.05, 0.1) is 27.3 Å². The topological polar surface area (TPSA) is 94.0 Å². The summed E-state index contributed by atoms with van der Waals surface area (Å²) in [6.45, 7) is 14.2. The summed E-state index contributed by atoms with van der Waals surface area (Å²) in [5.41, 5.74) is 2.54. The Hall–Kier alpha value is -2.60. The molecule has 0 aliphatic carbocycles. The van der Waals surface area contributed by atoms with E-state index in [0.29, 0.717) is 35.4 Å². The highest BCUT2D eigenvalue weighted by atomic mass is 32.1. The second kappa shape index (κ2) is 11.6. The standard InChI is InChI=1S/C28H34B2N6O2P2S/c1-15-9-17(11-18(10-15)38-27(5,6)26(3,4)29)21-12-22(33-24(37)19-13-32-16(2)20(19)14-41)35-36(21)23-7-8-31-25(34-23)28(30,39)40/h7-12,14,19-20,32H,2,13,39-40H2,1,3-6H3,(H,33,35,37)/t19-,20?/m0/s1. The maximum Gasteiger partial charge on any atom is 0.231 e. The molecule has 1 aromatic carbocycles. The first-order chi connectivity index (χ1) is 19.0. The predicted octanol–water partition coefficient (Wildman–Crippen LogP) is 4.48. The van der Waals surface area contributed by atoms with Crippen LogP contribution in [0.2, 0.25) is 5.31 Å². The second-order valence-corrected chi connectivity index (χ2v) is 14.4. The molecule has 1 aliphatic rings. The summed E-state index contributed by atoms with van der Waals surface area (Å²) in [7, 11) is 17.6. The van der Waals surface area contributed by atoms with E-state index in [-0.39, 0.29) is 11.8 Å². The maximum absolute atomic E-state index is 13.3. The molecular formula is C28H34B2N6O2P2S. The monoisotopic (exact) mass is 602 g/mol. The molecule has 1 aliphatic heterocycles. The van der Waals surface area contributed by atoms with Crippen LogP contribution >= 0.6 is 30.7 Å². The van der Waals surface area contributed by atoms with Gasteiger partial charge in [0.25, 0.3) is 0 Å². The van der Waals surface area contributed by atoms with Gasteiger partial charge in [-0.25, -0.2) is 14.6 Å². The van der Waals surface area contributed by atoms with E-state index in [1.165, 1.54) is 0 Å². The predicted molar refractivity (Wildman–Crippen MR) is 177 cm³/mol. The maximum atomic E-state index is 13.3. The first-order valence-corrected chi connectivity index (χ1v) is 14.7. The molecule has 0 saturated carbocycles. The molecule has 3 unspecified atom stereocenters. The van der Waals surface area contributed by atoms with E-state index < -0.39 is 21.6 Å². The number of hydrogen-bond acceptors (Lipinski definition) is 7. The molecule has 1 amide bonds. The Morgan fingerprint density at radius 1 is 1.24 bits per heavy atom. The molecule has 0 bridgehead atoms. The normalized spacial score (nSPS) is 17.7. The number of carbonyl (C=O) groups excluding carboxylic acids is 1. The SMILES string of the molecule is [B]C(P)(P)c1nccc(-n2nc(NC(=O)[C@H]3CNC(=C)C3C=S)cc2-c2cc(C)cc(OC(C)(C)C([B])(C)C)c2)n1. The third-order valence-electron chi connectivity index (χ3n) is 7.35. The zero-order valence-electron chi connectivity index (χ0n) is 23.9. The minimum atomic E-state index is -0.932. The molecule has 8 nitrogen and oxygen atoms in total. The Bertz CT molecular complexity index is 1500. The summed E-state index contributed by atoms with van der Waals surface area (Å²) in [5.74, 6) is 1.02. The Kier molecular flexibility index (Phi) is 8.86. The van der Waals surface area contributed by atoms with E-state index in [0.717, 1.165) is 16.8 Å². The highest BCUT2D eigenvalue weighted by Crippen LogP contribution is 2.40. The summed E-state index contributed by atoms with van der Waals surface area (Å²) in [6, 6.07) is 9.43. The van der Waals surface area contributed by atoms with Crippen molar-refractivity contribution >= 4 is 63.5 Å². The van der Waals surface area contributed by atoms with Crippen LogP contribution in [0, 0.1) is 18.8 Å². The van der Waals surface area contributed by atoms with E-state index in [1.807, 2.05) is 52.8 Å². The number of rotatable bonds is 9. The van der Waals surface area contributed by atoms with Gasteiger partial charge < -0.3 is 15.4 Å². The number of aromatic nitrogens is 4. The largest absolute Gasteiger partial charge is 0.488 e. The van der Waals surface area contributed by atoms with E-state index in [9.17, 15) is 4.79 Å². The van der Waals surface area contributed by atoms with Crippen LogP contribution in [0.5, 0.6) is 5.75 Å². The molecule has 4 rings (SSSR count). The minimum absolute atomic E-state index is 0.210. The van der Waals surface area contributed by atoms with Crippen LogP contribution in [0.4, 0.5) is 5.82 Å². The van der Waals surface area contributed by atoms with Gasteiger partial charge in [-0.3, -0.25) is 4.79 Å². The van der Waals surface area contributed by atoms with Crippen molar-refractivity contribution in [2.45, 2.75) is 50.3 Å². The number of nitrogens with zero attached hydrogens (tertiary/aromatic N) is 4. The van der Waals surface area contributed by atoms with Gasteiger partial charge in [0.15, 0.2) is 11.6 Å². The lowest BCUT2D eigenvalue weighted by molar-refractivity contribution is -0.119. The van der Waals surface area contributed by atoms with Crippen LogP contribution in [0.1, 0.15) is 39.1 Å². The molecule has 1 fully saturated rings. The number of benzene rings is 1. The van der Waals surface area contributed by atoms with Gasteiger partial charge in [-0.1, -0.05) is 32.6 Å². The highest BCUT2D eigenvalue weighted by molar-refractivity contribution is 7.79. The summed E-state index contributed by atoms with van der Waals surface area (Å²) in [5, 5.41) is 11.8. The molecule has 2 N–H and O–H groups in total. The summed E-state index contributed by atoms with van der Waals surface area (Å²) < 4.78 is 8.04. The van der Waals surface area contributed by atoms with Crippen LogP contribution in [0.15, 0.2) is 48.8 Å². The van der Waals surface area contributed by atoms with Gasteiger partial charge >= 0.3 is 0 Å². The molecule has 3 heterocycles. The van der Waals surface area contributed by atoms with Crippen molar-refractivity contribution < 1.29 is 9.53 Å². The van der Waals surface area contributed by atoms with Crippen LogP contribution in [-0.4, -0.2) is 58.9 Å². The number of aryl methyl sites for hydroxylation is 1. The molecule has 2 aromatic heterocycles. The zero-order valence-corrected chi connectivity index (χ0v) is 27.1. The number of nitrogens with one attached hydrogen (secondary N) is 2. The van der Waals surface area contributed by atoms with Crippen molar-refractivity contribution in [1.82, 2.24) is 25.1 Å². The number of carbonyl (C=O) groups is 1. The molecule has 4 atom stereocenters. The second-order valence-electron chi connectivity index (χ2n) is 11.5. The van der Waals surface area contributed by atoms with Gasteiger partial charge in [0, 0.05) is 46.8 Å². The van der Waals surface area contributed by atoms with E-state index in [1.54, 1.807) is 28.4 Å². The van der Waals surface area contributed by atoms with Gasteiger partial charge in [0.2, 0.25) is 5.91 Å². The summed E-state index contributed by atoms with van der Waals surface area (Å²) in [6.07, 6.45) is 1.62. The quantitative estimate of drug-likeness (QED) is 0.212. The van der Waals surface area contributed by atoms with Crippen molar-refractivity contribution in [2.75, 3.05) is 11.9 Å². The minimum Gasteiger partial charge on any atom is -0.488 e. The fourth-order valence-electron chi connectivity index (χ4n) is 4.26. The number of anilines is 1. The number of ether oxygens (including phenoxy) is 1. The molecular weight excluding hydrogens is 568 g/mol. The van der Waals surface area contributed by atoms with E-state index in [2.05, 4.69) is 45.7 Å². The Morgan fingerprint density at radius 3 is 2.59 bits per heavy atom. The van der Waals surface area contributed by atoms with Crippen LogP contribution in [0.25, 0.3) is 17.1 Å². The van der Waals surface area contributed by atoms with Gasteiger partial charge in [0.1, 0.15) is 17.2 Å². The molecule has 1 saturated heterocycles. The molecule has 3 aromatic rings. The van der Waals surface area contributed by atoms with Gasteiger partial charge in [-0.15, -0.1) is 23.6 Å². The molecule has 0 spiro atoms. The molecule has 41 heavy (non-hydrogen) atoms. The van der Waals surface area contributed by atoms with Crippen LogP contribution in [0.3, 0.4) is 0 Å². The average Bonchev–Trinajstić information content (AvgIpc) is 3.45. The van der Waals surface area contributed by atoms with Crippen molar-refractivity contribution in [1.29, 1.82) is 0 Å². The summed E-state index contributed by atoms with van der Waals surface area (Å²) >= 11 is 5.16. The van der Waals surface area contributed by atoms with Gasteiger partial charge in [-0.05, 0) is 55.2 Å². The Labute approximate surface area is 254 Å². The molecule has 4 radical (unpaired) electrons. The van der Waals surface area contributed by atoms with Crippen molar-refractivity contribution in [3.8, 4) is 22.8 Å². The third kappa shape index (κ3) is 6.90. The first kappa shape index (κ1) is 31.3.